The fourth-order valence-corrected chi connectivity index (χ4v) is 0.949. The molecule has 0 amide bonds. The van der Waals surface area contributed by atoms with Gasteiger partial charge in [-0.3, -0.25) is 0 Å². The molecule has 3 heteroatoms. The lowest BCUT2D eigenvalue weighted by Crippen LogP contribution is -2.75. The number of hydrogen-bond acceptors (Lipinski definition) is 1. The Morgan fingerprint density at radius 2 is 2.40 bits per heavy atom. The number of hydroxylamine groups is 1. The Labute approximate surface area is 70.0 Å². The van der Waals surface area contributed by atoms with Crippen molar-refractivity contribution >= 4 is 15.9 Å². The molecule has 0 spiro atoms. The van der Waals surface area contributed by atoms with Crippen molar-refractivity contribution in [2.45, 2.75) is 13.3 Å². The molecule has 0 aromatic heterocycles. The summed E-state index contributed by atoms with van der Waals surface area (Å²) >= 11 is 3.37. The second-order valence-electron chi connectivity index (χ2n) is 1.73. The van der Waals surface area contributed by atoms with Gasteiger partial charge in [0.2, 0.25) is 0 Å². The lowest BCUT2D eigenvalue weighted by Gasteiger charge is -1.86. The van der Waals surface area contributed by atoms with Crippen molar-refractivity contribution < 1.29 is 10.3 Å². The Balaban J connectivity index is 3.55. The summed E-state index contributed by atoms with van der Waals surface area (Å²) < 4.78 is 1.09. The predicted molar refractivity (Wildman–Crippen MR) is 45.4 cm³/mol. The van der Waals surface area contributed by atoms with E-state index in [1.54, 1.807) is 12.6 Å². The first-order chi connectivity index (χ1) is 4.81. The van der Waals surface area contributed by atoms with Crippen LogP contribution in [0.3, 0.4) is 0 Å². The van der Waals surface area contributed by atoms with Gasteiger partial charge in [-0.05, 0) is 6.42 Å². The smallest absolute Gasteiger partial charge is 0.126 e. The van der Waals surface area contributed by atoms with Crippen molar-refractivity contribution in [3.8, 4) is 0 Å². The molecule has 0 saturated heterocycles. The zero-order chi connectivity index (χ0) is 7.82. The summed E-state index contributed by atoms with van der Waals surface area (Å²) in [5.41, 5.74) is 1.63. The molecule has 0 aliphatic heterocycles. The molecule has 0 saturated carbocycles. The van der Waals surface area contributed by atoms with Crippen molar-refractivity contribution in [1.29, 1.82) is 0 Å². The van der Waals surface area contributed by atoms with E-state index in [2.05, 4.69) is 28.9 Å². The molecule has 0 aliphatic carbocycles. The minimum absolute atomic E-state index is 1.04. The van der Waals surface area contributed by atoms with E-state index in [9.17, 15) is 0 Å². The second kappa shape index (κ2) is 6.99. The average molecular weight is 207 g/mol. The van der Waals surface area contributed by atoms with Gasteiger partial charge < -0.3 is 0 Å². The average Bonchev–Trinajstić information content (AvgIpc) is 1.89. The van der Waals surface area contributed by atoms with Crippen LogP contribution in [0.15, 0.2) is 22.8 Å². The maximum atomic E-state index is 4.71. The molecule has 0 aliphatic rings. The molecular weight excluding hydrogens is 194 g/mol. The molecular formula is C7H13BrNO+. The number of hydrogen-bond donors (Lipinski definition) is 1. The van der Waals surface area contributed by atoms with Crippen LogP contribution >= 0.6 is 15.9 Å². The van der Waals surface area contributed by atoms with Crippen LogP contribution in [-0.2, 0) is 4.84 Å². The standard InChI is InChI=1S/C7H12BrNO/c1-3-4-7(8)5-6-9-10-2/h4-6,9H,3H2,1-2H3/p+1/b6-5-,7-4+. The Morgan fingerprint density at radius 1 is 1.70 bits per heavy atom. The van der Waals surface area contributed by atoms with Crippen molar-refractivity contribution in [3.05, 3.63) is 22.8 Å². The largest absolute Gasteiger partial charge is 0.205 e. The molecule has 10 heavy (non-hydrogen) atoms. The number of quaternary nitrogens is 1. The van der Waals surface area contributed by atoms with E-state index in [-0.39, 0.29) is 0 Å². The molecule has 2 nitrogen and oxygen atoms in total. The van der Waals surface area contributed by atoms with Crippen LogP contribution in [0.1, 0.15) is 13.3 Å². The molecule has 0 atom stereocenters. The van der Waals surface area contributed by atoms with Crippen molar-refractivity contribution in [2.75, 3.05) is 7.11 Å². The van der Waals surface area contributed by atoms with E-state index in [1.807, 2.05) is 12.3 Å². The first-order valence-electron chi connectivity index (χ1n) is 3.19. The third-order valence-electron chi connectivity index (χ3n) is 0.869. The molecule has 2 N–H and O–H groups in total. The summed E-state index contributed by atoms with van der Waals surface area (Å²) in [7, 11) is 1.63. The van der Waals surface area contributed by atoms with Crippen molar-refractivity contribution in [2.24, 2.45) is 0 Å². The van der Waals surface area contributed by atoms with Gasteiger partial charge in [0.15, 0.2) is 0 Å². The number of halogens is 1. The molecule has 0 fully saturated rings. The highest BCUT2D eigenvalue weighted by molar-refractivity contribution is 9.11. The van der Waals surface area contributed by atoms with Gasteiger partial charge in [-0.2, -0.15) is 5.48 Å². The highest BCUT2D eigenvalue weighted by Gasteiger charge is 1.81. The van der Waals surface area contributed by atoms with Crippen LogP contribution in [0.25, 0.3) is 0 Å². The summed E-state index contributed by atoms with van der Waals surface area (Å²) in [5.74, 6) is 0. The zero-order valence-electron chi connectivity index (χ0n) is 6.30. The summed E-state index contributed by atoms with van der Waals surface area (Å²) in [4.78, 5) is 4.71. The lowest BCUT2D eigenvalue weighted by molar-refractivity contribution is -0.842. The van der Waals surface area contributed by atoms with Gasteiger partial charge in [0.05, 0.1) is 7.11 Å². The molecule has 0 unspecified atom stereocenters. The topological polar surface area (TPSA) is 25.8 Å². The Bertz CT molecular complexity index is 132. The summed E-state index contributed by atoms with van der Waals surface area (Å²) in [6, 6.07) is 0. The monoisotopic (exact) mass is 206 g/mol. The van der Waals surface area contributed by atoms with Crippen LogP contribution in [0.4, 0.5) is 0 Å². The normalized spacial score (nSPS) is 12.9. The summed E-state index contributed by atoms with van der Waals surface area (Å²) in [6.45, 7) is 2.09. The first kappa shape index (κ1) is 9.88. The van der Waals surface area contributed by atoms with Gasteiger partial charge in [-0.25, -0.2) is 4.84 Å². The number of nitrogens with two attached hydrogens (primary N) is 1. The van der Waals surface area contributed by atoms with Crippen LogP contribution in [0, 0.1) is 0 Å². The van der Waals surface area contributed by atoms with E-state index < -0.39 is 0 Å². The van der Waals surface area contributed by atoms with Crippen LogP contribution in [0.5, 0.6) is 0 Å². The van der Waals surface area contributed by atoms with E-state index in [0.717, 1.165) is 10.9 Å². The van der Waals surface area contributed by atoms with Crippen molar-refractivity contribution in [1.82, 2.24) is 0 Å². The molecule has 0 aromatic carbocycles. The third kappa shape index (κ3) is 6.01. The van der Waals surface area contributed by atoms with E-state index in [0.29, 0.717) is 0 Å². The van der Waals surface area contributed by atoms with Crippen molar-refractivity contribution in [3.63, 3.8) is 0 Å². The second-order valence-corrected chi connectivity index (χ2v) is 2.64. The molecule has 0 radical (unpaired) electrons. The minimum Gasteiger partial charge on any atom is -0.205 e. The highest BCUT2D eigenvalue weighted by Crippen LogP contribution is 2.05. The van der Waals surface area contributed by atoms with Gasteiger partial charge >= 0.3 is 0 Å². The lowest BCUT2D eigenvalue weighted by atomic mass is 10.4. The summed E-state index contributed by atoms with van der Waals surface area (Å²) in [6.07, 6.45) is 6.90. The van der Waals surface area contributed by atoms with Gasteiger partial charge in [-0.1, -0.05) is 28.9 Å². The minimum atomic E-state index is 1.04. The van der Waals surface area contributed by atoms with Gasteiger partial charge in [0.25, 0.3) is 0 Å². The Hall–Kier alpha value is -0.120. The Morgan fingerprint density at radius 3 is 2.90 bits per heavy atom. The van der Waals surface area contributed by atoms with E-state index >= 15 is 0 Å². The zero-order valence-corrected chi connectivity index (χ0v) is 7.89. The fourth-order valence-electron chi connectivity index (χ4n) is 0.473. The quantitative estimate of drug-likeness (QED) is 0.545. The Kier molecular flexibility index (Phi) is 6.91. The predicted octanol–water partition coefficient (Wildman–Crippen LogP) is 1.31. The molecule has 0 heterocycles. The van der Waals surface area contributed by atoms with Crippen LogP contribution in [0.2, 0.25) is 0 Å². The van der Waals surface area contributed by atoms with Gasteiger partial charge in [-0.15, -0.1) is 0 Å². The van der Waals surface area contributed by atoms with Crippen LogP contribution in [-0.4, -0.2) is 7.11 Å². The molecule has 0 rings (SSSR count). The van der Waals surface area contributed by atoms with E-state index in [1.165, 1.54) is 0 Å². The number of allylic oxidation sites excluding steroid dienone is 3. The van der Waals surface area contributed by atoms with Gasteiger partial charge in [0, 0.05) is 10.6 Å². The molecule has 0 bridgehead atoms. The van der Waals surface area contributed by atoms with Crippen LogP contribution < -0.4 is 5.48 Å². The maximum Gasteiger partial charge on any atom is 0.126 e. The maximum absolute atomic E-state index is 4.71. The first-order valence-corrected chi connectivity index (χ1v) is 3.99. The van der Waals surface area contributed by atoms with Gasteiger partial charge in [0.1, 0.15) is 6.20 Å². The SMILES string of the molecule is CC/C=C(Br)\C=C/[NH2+]OC. The van der Waals surface area contributed by atoms with E-state index in [4.69, 9.17) is 4.84 Å². The third-order valence-corrected chi connectivity index (χ3v) is 1.46. The highest BCUT2D eigenvalue weighted by atomic mass is 79.9. The fraction of sp³-hybridized carbons (Fsp3) is 0.429. The number of rotatable bonds is 4. The molecule has 0 aromatic rings. The molecule has 58 valence electrons. The summed E-state index contributed by atoms with van der Waals surface area (Å²) in [5, 5.41) is 0.